The summed E-state index contributed by atoms with van der Waals surface area (Å²) >= 11 is 0. The maximum absolute atomic E-state index is 12.0. The number of rotatable bonds is 5. The molecule has 1 saturated heterocycles. The highest BCUT2D eigenvalue weighted by Gasteiger charge is 2.29. The molecule has 1 fully saturated rings. The average molecular weight is 338 g/mol. The Labute approximate surface area is 134 Å². The van der Waals surface area contributed by atoms with E-state index >= 15 is 0 Å². The molecule has 2 rings (SSSR count). The second-order valence-electron chi connectivity index (χ2n) is 5.22. The van der Waals surface area contributed by atoms with Crippen LogP contribution in [0.15, 0.2) is 35.2 Å². The lowest BCUT2D eigenvalue weighted by atomic mass is 10.1. The number of amides is 1. The monoisotopic (exact) mass is 338 g/mol. The molecule has 1 aromatic rings. The first kappa shape index (κ1) is 17.2. The van der Waals surface area contributed by atoms with E-state index in [4.69, 9.17) is 5.11 Å². The Hall–Kier alpha value is -2.19. The summed E-state index contributed by atoms with van der Waals surface area (Å²) in [4.78, 5) is 24.5. The van der Waals surface area contributed by atoms with Gasteiger partial charge < -0.3 is 10.0 Å². The predicted molar refractivity (Wildman–Crippen MR) is 84.0 cm³/mol. The Bertz CT molecular complexity index is 725. The van der Waals surface area contributed by atoms with Gasteiger partial charge in [0, 0.05) is 19.2 Å². The molecule has 23 heavy (non-hydrogen) atoms. The third-order valence-electron chi connectivity index (χ3n) is 3.73. The molecule has 124 valence electrons. The van der Waals surface area contributed by atoms with Gasteiger partial charge in [0.15, 0.2) is 0 Å². The summed E-state index contributed by atoms with van der Waals surface area (Å²) in [5.41, 5.74) is 0.683. The number of carboxylic acid groups (broad SMARTS) is 1. The molecule has 0 radical (unpaired) electrons. The van der Waals surface area contributed by atoms with Crippen molar-refractivity contribution in [1.82, 2.24) is 9.62 Å². The van der Waals surface area contributed by atoms with Gasteiger partial charge in [-0.1, -0.05) is 12.1 Å². The second-order valence-corrected chi connectivity index (χ2v) is 7.10. The number of carbonyl (C=O) groups is 2. The van der Waals surface area contributed by atoms with Crippen molar-refractivity contribution < 1.29 is 23.1 Å². The summed E-state index contributed by atoms with van der Waals surface area (Å²) in [5, 5.41) is 8.92. The maximum atomic E-state index is 12.0. The van der Waals surface area contributed by atoms with E-state index < -0.39 is 21.9 Å². The quantitative estimate of drug-likeness (QED) is 0.763. The number of nitrogens with zero attached hydrogens (tertiary/aromatic N) is 1. The van der Waals surface area contributed by atoms with Gasteiger partial charge in [-0.3, -0.25) is 9.59 Å². The van der Waals surface area contributed by atoms with E-state index in [2.05, 4.69) is 4.72 Å². The zero-order chi connectivity index (χ0) is 17.0. The fourth-order valence-electron chi connectivity index (χ4n) is 2.31. The van der Waals surface area contributed by atoms with Crippen molar-refractivity contribution >= 4 is 28.0 Å². The molecule has 0 aromatic heterocycles. The predicted octanol–water partition coefficient (Wildman–Crippen LogP) is 0.541. The van der Waals surface area contributed by atoms with Crippen molar-refractivity contribution in [2.45, 2.75) is 11.3 Å². The van der Waals surface area contributed by atoms with Crippen LogP contribution in [0.3, 0.4) is 0 Å². The minimum Gasteiger partial charge on any atom is -0.481 e. The highest BCUT2D eigenvalue weighted by molar-refractivity contribution is 7.89. The lowest BCUT2D eigenvalue weighted by Crippen LogP contribution is -2.28. The summed E-state index contributed by atoms with van der Waals surface area (Å²) in [6.45, 7) is 0.650. The normalized spacial score (nSPS) is 18.5. The van der Waals surface area contributed by atoms with Crippen LogP contribution in [0, 0.1) is 5.92 Å². The molecule has 1 amide bonds. The average Bonchev–Trinajstić information content (AvgIpc) is 3.03. The molecular weight excluding hydrogens is 320 g/mol. The highest BCUT2D eigenvalue weighted by atomic mass is 32.2. The standard InChI is InChI=1S/C15H18N2O5S/c1-16-23(21,22)13-5-2-11(3-6-13)4-7-14(18)17-9-8-12(10-17)15(19)20/h2-7,12,16H,8-10H2,1H3,(H,19,20)/b7-4+. The summed E-state index contributed by atoms with van der Waals surface area (Å²) in [7, 11) is -2.14. The number of hydrogen-bond acceptors (Lipinski definition) is 4. The van der Waals surface area contributed by atoms with Crippen molar-refractivity contribution in [2.24, 2.45) is 5.92 Å². The van der Waals surface area contributed by atoms with Crippen molar-refractivity contribution in [2.75, 3.05) is 20.1 Å². The molecule has 0 saturated carbocycles. The molecule has 1 aliphatic heterocycles. The van der Waals surface area contributed by atoms with E-state index in [9.17, 15) is 18.0 Å². The number of likely N-dealkylation sites (tertiary alicyclic amines) is 1. The summed E-state index contributed by atoms with van der Waals surface area (Å²) < 4.78 is 25.4. The maximum Gasteiger partial charge on any atom is 0.308 e. The van der Waals surface area contributed by atoms with E-state index in [-0.39, 0.29) is 17.3 Å². The number of carboxylic acids is 1. The van der Waals surface area contributed by atoms with E-state index in [0.29, 0.717) is 18.5 Å². The Morgan fingerprint density at radius 3 is 2.48 bits per heavy atom. The zero-order valence-corrected chi connectivity index (χ0v) is 13.4. The van der Waals surface area contributed by atoms with Gasteiger partial charge in [0.1, 0.15) is 0 Å². The molecule has 7 nitrogen and oxygen atoms in total. The lowest BCUT2D eigenvalue weighted by molar-refractivity contribution is -0.141. The molecule has 0 aliphatic carbocycles. The number of benzene rings is 1. The van der Waals surface area contributed by atoms with Crippen LogP contribution in [0.25, 0.3) is 6.08 Å². The molecule has 1 unspecified atom stereocenters. The fraction of sp³-hybridized carbons (Fsp3) is 0.333. The van der Waals surface area contributed by atoms with Crippen LogP contribution in [0.5, 0.6) is 0 Å². The molecule has 8 heteroatoms. The first-order valence-electron chi connectivity index (χ1n) is 7.07. The van der Waals surface area contributed by atoms with E-state index in [0.717, 1.165) is 0 Å². The molecule has 1 aromatic carbocycles. The first-order chi connectivity index (χ1) is 10.8. The number of aliphatic carboxylic acids is 1. The van der Waals surface area contributed by atoms with Gasteiger partial charge in [0.2, 0.25) is 15.9 Å². The Morgan fingerprint density at radius 2 is 1.96 bits per heavy atom. The second kappa shape index (κ2) is 6.93. The largest absolute Gasteiger partial charge is 0.481 e. The zero-order valence-electron chi connectivity index (χ0n) is 12.6. The van der Waals surface area contributed by atoms with Crippen LogP contribution in [0.1, 0.15) is 12.0 Å². The van der Waals surface area contributed by atoms with Gasteiger partial charge in [-0.2, -0.15) is 0 Å². The molecule has 1 heterocycles. The van der Waals surface area contributed by atoms with Crippen LogP contribution in [0.4, 0.5) is 0 Å². The van der Waals surface area contributed by atoms with Crippen molar-refractivity contribution in [3.63, 3.8) is 0 Å². The molecule has 0 spiro atoms. The molecule has 1 aliphatic rings. The van der Waals surface area contributed by atoms with Gasteiger partial charge in [0.25, 0.3) is 0 Å². The third-order valence-corrected chi connectivity index (χ3v) is 5.16. The molecule has 0 bridgehead atoms. The van der Waals surface area contributed by atoms with Crippen LogP contribution in [-0.4, -0.2) is 50.4 Å². The summed E-state index contributed by atoms with van der Waals surface area (Å²) in [5.74, 6) is -1.63. The van der Waals surface area contributed by atoms with Crippen LogP contribution >= 0.6 is 0 Å². The number of carbonyl (C=O) groups excluding carboxylic acids is 1. The minimum absolute atomic E-state index is 0.146. The van der Waals surface area contributed by atoms with E-state index in [1.165, 1.54) is 30.2 Å². The van der Waals surface area contributed by atoms with Gasteiger partial charge >= 0.3 is 5.97 Å². The van der Waals surface area contributed by atoms with Gasteiger partial charge in [-0.25, -0.2) is 13.1 Å². The number of nitrogens with one attached hydrogen (secondary N) is 1. The van der Waals surface area contributed by atoms with Crippen molar-refractivity contribution in [3.05, 3.63) is 35.9 Å². The molecule has 2 N–H and O–H groups in total. The Morgan fingerprint density at radius 1 is 1.30 bits per heavy atom. The minimum atomic E-state index is -3.48. The Kier molecular flexibility index (Phi) is 5.17. The van der Waals surface area contributed by atoms with Crippen LogP contribution < -0.4 is 4.72 Å². The van der Waals surface area contributed by atoms with E-state index in [1.807, 2.05) is 0 Å². The topological polar surface area (TPSA) is 104 Å². The fourth-order valence-corrected chi connectivity index (χ4v) is 3.04. The number of sulfonamides is 1. The van der Waals surface area contributed by atoms with E-state index in [1.54, 1.807) is 18.2 Å². The lowest BCUT2D eigenvalue weighted by Gasteiger charge is -2.12. The molecular formula is C15H18N2O5S. The first-order valence-corrected chi connectivity index (χ1v) is 8.55. The third kappa shape index (κ3) is 4.17. The van der Waals surface area contributed by atoms with Crippen molar-refractivity contribution in [3.8, 4) is 0 Å². The molecule has 1 atom stereocenters. The van der Waals surface area contributed by atoms with Crippen LogP contribution in [0.2, 0.25) is 0 Å². The van der Waals surface area contributed by atoms with Crippen LogP contribution in [-0.2, 0) is 19.6 Å². The Balaban J connectivity index is 2.01. The highest BCUT2D eigenvalue weighted by Crippen LogP contribution is 2.17. The van der Waals surface area contributed by atoms with Crippen molar-refractivity contribution in [1.29, 1.82) is 0 Å². The smallest absolute Gasteiger partial charge is 0.308 e. The SMILES string of the molecule is CNS(=O)(=O)c1ccc(/C=C/C(=O)N2CCC(C(=O)O)C2)cc1. The van der Waals surface area contributed by atoms with Gasteiger partial charge in [-0.15, -0.1) is 0 Å². The summed E-state index contributed by atoms with van der Waals surface area (Å²) in [6, 6.07) is 6.09. The van der Waals surface area contributed by atoms with Gasteiger partial charge in [0.05, 0.1) is 10.8 Å². The number of hydrogen-bond donors (Lipinski definition) is 2. The summed E-state index contributed by atoms with van der Waals surface area (Å²) in [6.07, 6.45) is 3.41. The van der Waals surface area contributed by atoms with Gasteiger partial charge in [-0.05, 0) is 37.2 Å².